The van der Waals surface area contributed by atoms with Crippen LogP contribution >= 0.6 is 0 Å². The molecule has 1 N–H and O–H groups in total. The standard InChI is InChI=1S/C8H13NO2/c1-5(9-6(2)10)8(11)7-3-4-7/h5,7H,3-4H2,1-2H3,(H,9,10)/t5-/m0/s1. The van der Waals surface area contributed by atoms with E-state index in [-0.39, 0.29) is 23.7 Å². The summed E-state index contributed by atoms with van der Waals surface area (Å²) in [5.41, 5.74) is 0. The van der Waals surface area contributed by atoms with E-state index in [4.69, 9.17) is 0 Å². The van der Waals surface area contributed by atoms with Crippen molar-refractivity contribution < 1.29 is 9.59 Å². The molecule has 3 nitrogen and oxygen atoms in total. The van der Waals surface area contributed by atoms with Crippen LogP contribution in [0.4, 0.5) is 0 Å². The maximum atomic E-state index is 11.2. The summed E-state index contributed by atoms with van der Waals surface area (Å²) in [5, 5.41) is 2.58. The fourth-order valence-electron chi connectivity index (χ4n) is 1.10. The molecular formula is C8H13NO2. The van der Waals surface area contributed by atoms with Crippen molar-refractivity contribution in [2.24, 2.45) is 5.92 Å². The predicted molar refractivity (Wildman–Crippen MR) is 41.0 cm³/mol. The molecule has 1 amide bonds. The Morgan fingerprint density at radius 2 is 2.00 bits per heavy atom. The summed E-state index contributed by atoms with van der Waals surface area (Å²) >= 11 is 0. The van der Waals surface area contributed by atoms with Crippen LogP contribution in [0.5, 0.6) is 0 Å². The number of Topliss-reactive ketones (excluding diaryl/α,β-unsaturated/α-hetero) is 1. The first-order valence-corrected chi connectivity index (χ1v) is 3.92. The molecule has 0 aliphatic heterocycles. The van der Waals surface area contributed by atoms with Gasteiger partial charge in [0.25, 0.3) is 0 Å². The van der Waals surface area contributed by atoms with Crippen molar-refractivity contribution in [3.05, 3.63) is 0 Å². The van der Waals surface area contributed by atoms with Crippen LogP contribution in [0.3, 0.4) is 0 Å². The zero-order valence-corrected chi connectivity index (χ0v) is 6.89. The van der Waals surface area contributed by atoms with Crippen LogP contribution < -0.4 is 5.32 Å². The molecule has 62 valence electrons. The quantitative estimate of drug-likeness (QED) is 0.644. The Balaban J connectivity index is 2.33. The molecule has 0 aromatic heterocycles. The minimum absolute atomic E-state index is 0.133. The first kappa shape index (κ1) is 8.24. The molecule has 1 aliphatic carbocycles. The summed E-state index contributed by atoms with van der Waals surface area (Å²) in [6.07, 6.45) is 2.01. The van der Waals surface area contributed by atoms with Gasteiger partial charge in [0.15, 0.2) is 5.78 Å². The zero-order valence-electron chi connectivity index (χ0n) is 6.89. The second kappa shape index (κ2) is 3.03. The van der Waals surface area contributed by atoms with E-state index in [0.717, 1.165) is 12.8 Å². The summed E-state index contributed by atoms with van der Waals surface area (Å²) in [7, 11) is 0. The number of rotatable bonds is 3. The van der Waals surface area contributed by atoms with Gasteiger partial charge in [0.2, 0.25) is 5.91 Å². The van der Waals surface area contributed by atoms with Gasteiger partial charge in [-0.3, -0.25) is 9.59 Å². The number of carbonyl (C=O) groups excluding carboxylic acids is 2. The van der Waals surface area contributed by atoms with E-state index in [1.54, 1.807) is 6.92 Å². The second-order valence-electron chi connectivity index (χ2n) is 3.10. The maximum absolute atomic E-state index is 11.2. The van der Waals surface area contributed by atoms with Gasteiger partial charge >= 0.3 is 0 Å². The van der Waals surface area contributed by atoms with E-state index in [1.165, 1.54) is 6.92 Å². The average Bonchev–Trinajstić information content (AvgIpc) is 2.65. The number of amides is 1. The lowest BCUT2D eigenvalue weighted by atomic mass is 10.1. The highest BCUT2D eigenvalue weighted by Crippen LogP contribution is 2.30. The number of hydrogen-bond acceptors (Lipinski definition) is 2. The van der Waals surface area contributed by atoms with E-state index >= 15 is 0 Å². The molecule has 1 fully saturated rings. The van der Waals surface area contributed by atoms with E-state index in [9.17, 15) is 9.59 Å². The Kier molecular flexibility index (Phi) is 2.27. The number of nitrogens with one attached hydrogen (secondary N) is 1. The summed E-state index contributed by atoms with van der Waals surface area (Å²) in [6.45, 7) is 3.17. The maximum Gasteiger partial charge on any atom is 0.217 e. The molecule has 1 aliphatic rings. The first-order valence-electron chi connectivity index (χ1n) is 3.92. The average molecular weight is 155 g/mol. The molecule has 1 atom stereocenters. The molecule has 0 aromatic rings. The van der Waals surface area contributed by atoms with E-state index in [2.05, 4.69) is 5.32 Å². The van der Waals surface area contributed by atoms with Gasteiger partial charge < -0.3 is 5.32 Å². The van der Waals surface area contributed by atoms with Crippen LogP contribution in [0.25, 0.3) is 0 Å². The Bertz CT molecular complexity index is 185. The smallest absolute Gasteiger partial charge is 0.217 e. The molecule has 0 unspecified atom stereocenters. The van der Waals surface area contributed by atoms with Crippen LogP contribution in [0, 0.1) is 5.92 Å². The van der Waals surface area contributed by atoms with Gasteiger partial charge in [0.1, 0.15) is 0 Å². The Hall–Kier alpha value is -0.860. The van der Waals surface area contributed by atoms with Crippen molar-refractivity contribution >= 4 is 11.7 Å². The fraction of sp³-hybridized carbons (Fsp3) is 0.750. The summed E-state index contributed by atoms with van der Waals surface area (Å²) < 4.78 is 0. The van der Waals surface area contributed by atoms with Crippen LogP contribution in [0.2, 0.25) is 0 Å². The second-order valence-corrected chi connectivity index (χ2v) is 3.10. The third kappa shape index (κ3) is 2.33. The molecule has 0 bridgehead atoms. The lowest BCUT2D eigenvalue weighted by molar-refractivity contribution is -0.127. The lowest BCUT2D eigenvalue weighted by Crippen LogP contribution is -2.37. The van der Waals surface area contributed by atoms with Crippen molar-refractivity contribution in [2.75, 3.05) is 0 Å². The van der Waals surface area contributed by atoms with Crippen LogP contribution in [-0.2, 0) is 9.59 Å². The van der Waals surface area contributed by atoms with Gasteiger partial charge in [-0.2, -0.15) is 0 Å². The summed E-state index contributed by atoms with van der Waals surface area (Å²) in [6, 6.07) is -0.292. The van der Waals surface area contributed by atoms with Gasteiger partial charge in [-0.25, -0.2) is 0 Å². The molecule has 11 heavy (non-hydrogen) atoms. The highest BCUT2D eigenvalue weighted by molar-refractivity contribution is 5.91. The normalized spacial score (nSPS) is 19.1. The van der Waals surface area contributed by atoms with Crippen molar-refractivity contribution in [1.29, 1.82) is 0 Å². The molecule has 0 radical (unpaired) electrons. The Morgan fingerprint density at radius 3 is 2.36 bits per heavy atom. The van der Waals surface area contributed by atoms with Crippen molar-refractivity contribution in [1.82, 2.24) is 5.32 Å². The number of carbonyl (C=O) groups is 2. The highest BCUT2D eigenvalue weighted by atomic mass is 16.2. The van der Waals surface area contributed by atoms with E-state index in [0.29, 0.717) is 0 Å². The van der Waals surface area contributed by atoms with Gasteiger partial charge in [0.05, 0.1) is 6.04 Å². The predicted octanol–water partition coefficient (Wildman–Crippen LogP) is 0.490. The van der Waals surface area contributed by atoms with Crippen LogP contribution in [-0.4, -0.2) is 17.7 Å². The minimum atomic E-state index is -0.292. The van der Waals surface area contributed by atoms with E-state index < -0.39 is 0 Å². The topological polar surface area (TPSA) is 46.2 Å². The molecule has 0 aromatic carbocycles. The summed E-state index contributed by atoms with van der Waals surface area (Å²) in [5.74, 6) is 0.281. The molecule has 1 saturated carbocycles. The zero-order chi connectivity index (χ0) is 8.43. The van der Waals surface area contributed by atoms with Crippen molar-refractivity contribution in [2.45, 2.75) is 32.7 Å². The van der Waals surface area contributed by atoms with Gasteiger partial charge in [-0.15, -0.1) is 0 Å². The van der Waals surface area contributed by atoms with Crippen molar-refractivity contribution in [3.63, 3.8) is 0 Å². The molecular weight excluding hydrogens is 142 g/mol. The minimum Gasteiger partial charge on any atom is -0.347 e. The first-order chi connectivity index (χ1) is 5.11. The third-order valence-corrected chi connectivity index (χ3v) is 1.83. The largest absolute Gasteiger partial charge is 0.347 e. The fourth-order valence-corrected chi connectivity index (χ4v) is 1.10. The molecule has 3 heteroatoms. The van der Waals surface area contributed by atoms with E-state index in [1.807, 2.05) is 0 Å². The van der Waals surface area contributed by atoms with Gasteiger partial charge in [0, 0.05) is 12.8 Å². The Labute approximate surface area is 66.2 Å². The monoisotopic (exact) mass is 155 g/mol. The summed E-state index contributed by atoms with van der Waals surface area (Å²) in [4.78, 5) is 21.8. The molecule has 0 saturated heterocycles. The van der Waals surface area contributed by atoms with Gasteiger partial charge in [-0.05, 0) is 19.8 Å². The highest BCUT2D eigenvalue weighted by Gasteiger charge is 2.32. The van der Waals surface area contributed by atoms with Crippen LogP contribution in [0.15, 0.2) is 0 Å². The number of hydrogen-bond donors (Lipinski definition) is 1. The molecule has 0 heterocycles. The van der Waals surface area contributed by atoms with Gasteiger partial charge in [-0.1, -0.05) is 0 Å². The SMILES string of the molecule is CC(=O)N[C@@H](C)C(=O)C1CC1. The Morgan fingerprint density at radius 1 is 1.45 bits per heavy atom. The molecule has 0 spiro atoms. The third-order valence-electron chi connectivity index (χ3n) is 1.83. The van der Waals surface area contributed by atoms with Crippen LogP contribution in [0.1, 0.15) is 26.7 Å². The molecule has 1 rings (SSSR count). The van der Waals surface area contributed by atoms with Crippen molar-refractivity contribution in [3.8, 4) is 0 Å². The lowest BCUT2D eigenvalue weighted by Gasteiger charge is -2.09. The number of ketones is 1.